The predicted molar refractivity (Wildman–Crippen MR) is 143 cm³/mol. The SMILES string of the molecule is CC(O)(CCOC(=O)c1cc2ccc(S(=O)(=O)O)c3cc(C(=O)OCCC(O)(C(F)(F)F)C(F)(F)F)c4cccc1c4c23)C(F)(F)F. The number of hydrogen-bond donors (Lipinski definition) is 3. The number of alkyl halides is 9. The fourth-order valence-corrected chi connectivity index (χ4v) is 5.50. The summed E-state index contributed by atoms with van der Waals surface area (Å²) in [6.45, 7) is -2.09. The molecule has 0 amide bonds. The van der Waals surface area contributed by atoms with Gasteiger partial charge in [0.2, 0.25) is 0 Å². The summed E-state index contributed by atoms with van der Waals surface area (Å²) in [4.78, 5) is 25.4. The summed E-state index contributed by atoms with van der Waals surface area (Å²) in [5.41, 5.74) is -9.44. The van der Waals surface area contributed by atoms with Crippen LogP contribution in [0.5, 0.6) is 0 Å². The van der Waals surface area contributed by atoms with Gasteiger partial charge in [0, 0.05) is 18.2 Å². The Kier molecular flexibility index (Phi) is 8.89. The van der Waals surface area contributed by atoms with E-state index in [0.29, 0.717) is 6.92 Å². The normalized spacial score (nSPS) is 14.9. The molecule has 0 saturated heterocycles. The zero-order valence-corrected chi connectivity index (χ0v) is 24.3. The van der Waals surface area contributed by atoms with Crippen molar-refractivity contribution in [1.29, 1.82) is 0 Å². The van der Waals surface area contributed by atoms with Crippen molar-refractivity contribution in [2.24, 2.45) is 0 Å². The highest BCUT2D eigenvalue weighted by atomic mass is 32.2. The number of halogens is 9. The van der Waals surface area contributed by atoms with Crippen LogP contribution in [0.1, 0.15) is 40.5 Å². The van der Waals surface area contributed by atoms with E-state index in [-0.39, 0.29) is 37.9 Å². The summed E-state index contributed by atoms with van der Waals surface area (Å²) in [6.07, 6.45) is -20.7. The highest BCUT2D eigenvalue weighted by Gasteiger charge is 2.70. The van der Waals surface area contributed by atoms with Gasteiger partial charge in [-0.1, -0.05) is 24.3 Å². The van der Waals surface area contributed by atoms with Gasteiger partial charge in [0.15, 0.2) is 5.60 Å². The quantitative estimate of drug-likeness (QED) is 0.0815. The fraction of sp³-hybridized carbons (Fsp3) is 0.357. The Hall–Kier alpha value is -3.94. The highest BCUT2D eigenvalue weighted by molar-refractivity contribution is 7.86. The molecule has 1 atom stereocenters. The van der Waals surface area contributed by atoms with Crippen molar-refractivity contribution in [1.82, 2.24) is 0 Å². The van der Waals surface area contributed by atoms with Gasteiger partial charge < -0.3 is 19.7 Å². The van der Waals surface area contributed by atoms with E-state index >= 15 is 0 Å². The van der Waals surface area contributed by atoms with E-state index in [2.05, 4.69) is 4.74 Å². The van der Waals surface area contributed by atoms with E-state index < -0.39 is 88.3 Å². The van der Waals surface area contributed by atoms with Crippen LogP contribution in [-0.4, -0.2) is 78.1 Å². The van der Waals surface area contributed by atoms with Crippen LogP contribution in [0.25, 0.3) is 32.3 Å². The van der Waals surface area contributed by atoms with E-state index in [0.717, 1.165) is 24.3 Å². The molecule has 19 heteroatoms. The van der Waals surface area contributed by atoms with Crippen LogP contribution in [-0.2, 0) is 19.6 Å². The smallest absolute Gasteiger partial charge is 0.426 e. The lowest BCUT2D eigenvalue weighted by molar-refractivity contribution is -0.371. The number of carbonyl (C=O) groups excluding carboxylic acids is 2. The molecule has 47 heavy (non-hydrogen) atoms. The number of esters is 2. The zero-order chi connectivity index (χ0) is 35.5. The highest BCUT2D eigenvalue weighted by Crippen LogP contribution is 2.46. The van der Waals surface area contributed by atoms with E-state index in [1.165, 1.54) is 18.2 Å². The van der Waals surface area contributed by atoms with Gasteiger partial charge in [-0.3, -0.25) is 4.55 Å². The molecule has 4 aromatic rings. The van der Waals surface area contributed by atoms with Crippen LogP contribution < -0.4 is 0 Å². The minimum Gasteiger partial charge on any atom is -0.462 e. The molecule has 4 rings (SSSR count). The van der Waals surface area contributed by atoms with Crippen LogP contribution >= 0.6 is 0 Å². The van der Waals surface area contributed by atoms with E-state index in [4.69, 9.17) is 4.74 Å². The number of rotatable bonds is 9. The summed E-state index contributed by atoms with van der Waals surface area (Å²) < 4.78 is 161. The number of hydrogen-bond acceptors (Lipinski definition) is 8. The molecule has 3 N–H and O–H groups in total. The Balaban J connectivity index is 1.83. The van der Waals surface area contributed by atoms with E-state index in [1.54, 1.807) is 0 Å². The van der Waals surface area contributed by atoms with Gasteiger partial charge in [0.1, 0.15) is 4.90 Å². The molecule has 0 fully saturated rings. The molecule has 0 radical (unpaired) electrons. The lowest BCUT2D eigenvalue weighted by Gasteiger charge is -2.32. The molecule has 4 aromatic carbocycles. The van der Waals surface area contributed by atoms with Crippen LogP contribution in [0.4, 0.5) is 39.5 Å². The van der Waals surface area contributed by atoms with Gasteiger partial charge in [-0.05, 0) is 52.1 Å². The molecule has 1 unspecified atom stereocenters. The summed E-state index contributed by atoms with van der Waals surface area (Å²) in [7, 11) is -5.05. The largest absolute Gasteiger partial charge is 0.462 e. The monoisotopic (exact) mass is 704 g/mol. The van der Waals surface area contributed by atoms with Gasteiger partial charge in [-0.2, -0.15) is 47.9 Å². The number of ether oxygens (including phenoxy) is 2. The van der Waals surface area contributed by atoms with Crippen molar-refractivity contribution in [2.75, 3.05) is 13.2 Å². The standard InChI is InChI=1S/C28H21F9O9S/c1-24(40,26(29,30)31)7-9-45-22(38)16-11-13-5-6-19(47(42,43)44)18-12-17(15-4-2-3-14(16)21(15)20(13)18)23(39)46-10-8-25(41,27(32,33)34)28(35,36)37/h2-6,11-12,40-41H,7-10H2,1H3,(H,42,43,44). The summed E-state index contributed by atoms with van der Waals surface area (Å²) in [5.74, 6) is -2.81. The number of benzene rings is 4. The lowest BCUT2D eigenvalue weighted by Crippen LogP contribution is -2.57. The van der Waals surface area contributed by atoms with Crippen molar-refractivity contribution in [3.8, 4) is 0 Å². The molecule has 0 aromatic heterocycles. The van der Waals surface area contributed by atoms with Crippen molar-refractivity contribution >= 4 is 54.4 Å². The molecule has 9 nitrogen and oxygen atoms in total. The minimum atomic E-state index is -6.21. The molecule has 256 valence electrons. The fourth-order valence-electron chi connectivity index (χ4n) is 4.82. The van der Waals surface area contributed by atoms with Crippen LogP contribution in [0.3, 0.4) is 0 Å². The average molecular weight is 705 g/mol. The number of carbonyl (C=O) groups is 2. The maximum atomic E-state index is 13.1. The van der Waals surface area contributed by atoms with Crippen LogP contribution in [0.15, 0.2) is 47.4 Å². The Morgan fingerprint density at radius 3 is 1.66 bits per heavy atom. The lowest BCUT2D eigenvalue weighted by atomic mass is 9.89. The summed E-state index contributed by atoms with van der Waals surface area (Å²) in [6, 6.07) is 7.69. The third-order valence-electron chi connectivity index (χ3n) is 7.51. The second-order valence-corrected chi connectivity index (χ2v) is 12.1. The zero-order valence-electron chi connectivity index (χ0n) is 23.5. The molecule has 0 aliphatic rings. The molecular formula is C28H21F9O9S. The second-order valence-electron chi connectivity index (χ2n) is 10.7. The average Bonchev–Trinajstić information content (AvgIpc) is 2.92. The van der Waals surface area contributed by atoms with Gasteiger partial charge in [-0.15, -0.1) is 0 Å². The van der Waals surface area contributed by atoms with Gasteiger partial charge in [0.05, 0.1) is 24.3 Å². The van der Waals surface area contributed by atoms with Gasteiger partial charge in [-0.25, -0.2) is 9.59 Å². The summed E-state index contributed by atoms with van der Waals surface area (Å²) in [5, 5.41) is 18.3. The Morgan fingerprint density at radius 2 is 1.19 bits per heavy atom. The number of aliphatic hydroxyl groups is 2. The molecule has 0 heterocycles. The van der Waals surface area contributed by atoms with Crippen molar-refractivity contribution in [2.45, 2.75) is 54.4 Å². The molecule has 0 aliphatic carbocycles. The Bertz CT molecular complexity index is 1950. The first-order chi connectivity index (χ1) is 21.3. The Morgan fingerprint density at radius 1 is 0.702 bits per heavy atom. The molecule has 0 bridgehead atoms. The van der Waals surface area contributed by atoms with Crippen LogP contribution in [0, 0.1) is 0 Å². The Labute approximate surface area is 257 Å². The topological polar surface area (TPSA) is 147 Å². The van der Waals surface area contributed by atoms with Crippen molar-refractivity contribution in [3.63, 3.8) is 0 Å². The first kappa shape index (κ1) is 35.9. The van der Waals surface area contributed by atoms with Gasteiger partial charge in [0.25, 0.3) is 15.7 Å². The van der Waals surface area contributed by atoms with E-state index in [1.807, 2.05) is 0 Å². The first-order valence-electron chi connectivity index (χ1n) is 13.0. The maximum Gasteiger partial charge on any atom is 0.426 e. The first-order valence-corrected chi connectivity index (χ1v) is 14.5. The molecule has 0 aliphatic heterocycles. The van der Waals surface area contributed by atoms with E-state index in [9.17, 15) is 72.3 Å². The minimum absolute atomic E-state index is 0.00217. The molecule has 0 spiro atoms. The third kappa shape index (κ3) is 6.48. The second kappa shape index (κ2) is 11.6. The summed E-state index contributed by atoms with van der Waals surface area (Å²) >= 11 is 0. The molecular weight excluding hydrogens is 683 g/mol. The molecule has 0 saturated carbocycles. The van der Waals surface area contributed by atoms with Crippen molar-refractivity contribution < 1.29 is 81.8 Å². The van der Waals surface area contributed by atoms with Crippen molar-refractivity contribution in [3.05, 3.63) is 53.6 Å². The third-order valence-corrected chi connectivity index (χ3v) is 8.42. The maximum absolute atomic E-state index is 13.1. The van der Waals surface area contributed by atoms with Gasteiger partial charge >= 0.3 is 30.5 Å². The van der Waals surface area contributed by atoms with Crippen LogP contribution in [0.2, 0.25) is 0 Å². The predicted octanol–water partition coefficient (Wildman–Crippen LogP) is 6.09.